The van der Waals surface area contributed by atoms with E-state index in [1.54, 1.807) is 0 Å². The number of aromatic nitrogens is 2. The maximum Gasteiger partial charge on any atom is 0.0768 e. The molecule has 4 heteroatoms. The zero-order valence-electron chi connectivity index (χ0n) is 10.0. The van der Waals surface area contributed by atoms with Gasteiger partial charge in [0.15, 0.2) is 0 Å². The summed E-state index contributed by atoms with van der Waals surface area (Å²) in [5.41, 5.74) is 1.18. The Hall–Kier alpha value is -0.870. The highest BCUT2D eigenvalue weighted by atomic mass is 16.5. The van der Waals surface area contributed by atoms with E-state index in [1.807, 2.05) is 38.1 Å². The first-order valence-corrected chi connectivity index (χ1v) is 5.50. The minimum Gasteiger partial charge on any atom is -0.377 e. The first-order chi connectivity index (χ1) is 7.22. The zero-order chi connectivity index (χ0) is 11.3. The number of hydrogen-bond acceptors (Lipinski definition) is 3. The molecule has 0 saturated heterocycles. The summed E-state index contributed by atoms with van der Waals surface area (Å²) in [5.74, 6) is 0. The molecule has 0 radical (unpaired) electrons. The van der Waals surface area contributed by atoms with Crippen molar-refractivity contribution < 1.29 is 4.74 Å². The van der Waals surface area contributed by atoms with Crippen LogP contribution in [-0.4, -0.2) is 29.5 Å². The molecule has 0 saturated carbocycles. The Labute approximate surface area is 91.6 Å². The van der Waals surface area contributed by atoms with Crippen LogP contribution in [0.25, 0.3) is 0 Å². The molecule has 0 fully saturated rings. The van der Waals surface area contributed by atoms with Crippen LogP contribution in [0.1, 0.15) is 31.9 Å². The highest BCUT2D eigenvalue weighted by Crippen LogP contribution is 2.20. The van der Waals surface area contributed by atoms with Crippen molar-refractivity contribution in [1.82, 2.24) is 15.1 Å². The van der Waals surface area contributed by atoms with Crippen LogP contribution >= 0.6 is 0 Å². The van der Waals surface area contributed by atoms with Crippen molar-refractivity contribution in [2.24, 2.45) is 7.05 Å². The highest BCUT2D eigenvalue weighted by Gasteiger charge is 2.21. The number of rotatable bonds is 6. The van der Waals surface area contributed by atoms with Gasteiger partial charge < -0.3 is 10.1 Å². The Morgan fingerprint density at radius 2 is 2.27 bits per heavy atom. The number of aryl methyl sites for hydroxylation is 1. The van der Waals surface area contributed by atoms with Gasteiger partial charge in [0.05, 0.1) is 18.3 Å². The molecule has 2 unspecified atom stereocenters. The number of likely N-dealkylation sites (N-methyl/N-ethyl adjacent to an activating group) is 1. The lowest BCUT2D eigenvalue weighted by Gasteiger charge is -2.24. The monoisotopic (exact) mass is 211 g/mol. The molecule has 1 rings (SSSR count). The van der Waals surface area contributed by atoms with Gasteiger partial charge in [0, 0.05) is 25.4 Å². The number of ether oxygens (including phenoxy) is 1. The molecule has 0 spiro atoms. The van der Waals surface area contributed by atoms with Gasteiger partial charge in [-0.05, 0) is 20.4 Å². The second-order valence-electron chi connectivity index (χ2n) is 3.62. The standard InChI is InChI=1S/C11H21N3O/c1-5-10(15-6-2)11(12-3)9-7-13-14(4)8-9/h7-8,10-12H,5-6H2,1-4H3. The number of hydrogen-bond donors (Lipinski definition) is 1. The van der Waals surface area contributed by atoms with Crippen LogP contribution in [0.4, 0.5) is 0 Å². The van der Waals surface area contributed by atoms with Gasteiger partial charge in [0.2, 0.25) is 0 Å². The Morgan fingerprint density at radius 1 is 1.53 bits per heavy atom. The fourth-order valence-electron chi connectivity index (χ4n) is 1.83. The third-order valence-electron chi connectivity index (χ3n) is 2.55. The topological polar surface area (TPSA) is 39.1 Å². The van der Waals surface area contributed by atoms with Crippen LogP contribution in [0.3, 0.4) is 0 Å². The van der Waals surface area contributed by atoms with Crippen molar-refractivity contribution in [2.75, 3.05) is 13.7 Å². The van der Waals surface area contributed by atoms with Gasteiger partial charge in [-0.25, -0.2) is 0 Å². The van der Waals surface area contributed by atoms with Gasteiger partial charge >= 0.3 is 0 Å². The van der Waals surface area contributed by atoms with Crippen LogP contribution < -0.4 is 5.32 Å². The maximum absolute atomic E-state index is 5.71. The van der Waals surface area contributed by atoms with E-state index in [-0.39, 0.29) is 12.1 Å². The third-order valence-corrected chi connectivity index (χ3v) is 2.55. The molecule has 86 valence electrons. The molecular formula is C11H21N3O. The van der Waals surface area contributed by atoms with Crippen molar-refractivity contribution >= 4 is 0 Å². The van der Waals surface area contributed by atoms with E-state index in [2.05, 4.69) is 17.3 Å². The summed E-state index contributed by atoms with van der Waals surface area (Å²) < 4.78 is 7.53. The largest absolute Gasteiger partial charge is 0.377 e. The molecule has 0 aromatic carbocycles. The summed E-state index contributed by atoms with van der Waals surface area (Å²) in [6.07, 6.45) is 5.13. The first-order valence-electron chi connectivity index (χ1n) is 5.50. The maximum atomic E-state index is 5.71. The van der Waals surface area contributed by atoms with Crippen LogP contribution in [0, 0.1) is 0 Å². The molecular weight excluding hydrogens is 190 g/mol. The fraction of sp³-hybridized carbons (Fsp3) is 0.727. The highest BCUT2D eigenvalue weighted by molar-refractivity contribution is 5.12. The lowest BCUT2D eigenvalue weighted by Crippen LogP contribution is -2.31. The molecule has 2 atom stereocenters. The second kappa shape index (κ2) is 5.88. The normalized spacial score (nSPS) is 15.2. The number of nitrogens with one attached hydrogen (secondary N) is 1. The van der Waals surface area contributed by atoms with E-state index in [4.69, 9.17) is 4.74 Å². The van der Waals surface area contributed by atoms with Gasteiger partial charge in [-0.1, -0.05) is 6.92 Å². The Morgan fingerprint density at radius 3 is 2.67 bits per heavy atom. The van der Waals surface area contributed by atoms with E-state index in [0.29, 0.717) is 0 Å². The zero-order valence-corrected chi connectivity index (χ0v) is 10.0. The van der Waals surface area contributed by atoms with Crippen molar-refractivity contribution in [3.05, 3.63) is 18.0 Å². The molecule has 0 aliphatic carbocycles. The van der Waals surface area contributed by atoms with Crippen molar-refractivity contribution in [3.63, 3.8) is 0 Å². The van der Waals surface area contributed by atoms with Crippen LogP contribution in [-0.2, 0) is 11.8 Å². The number of nitrogens with zero attached hydrogens (tertiary/aromatic N) is 2. The van der Waals surface area contributed by atoms with Crippen molar-refractivity contribution in [3.8, 4) is 0 Å². The van der Waals surface area contributed by atoms with Crippen LogP contribution in [0.5, 0.6) is 0 Å². The van der Waals surface area contributed by atoms with Gasteiger partial charge in [-0.2, -0.15) is 5.10 Å². The Balaban J connectivity index is 2.76. The SMILES string of the molecule is CCOC(CC)C(NC)c1cnn(C)c1. The first kappa shape index (κ1) is 12.2. The summed E-state index contributed by atoms with van der Waals surface area (Å²) in [6.45, 7) is 4.91. The van der Waals surface area contributed by atoms with Crippen LogP contribution in [0.2, 0.25) is 0 Å². The predicted molar refractivity (Wildman–Crippen MR) is 60.7 cm³/mol. The molecule has 1 aromatic rings. The molecule has 1 N–H and O–H groups in total. The van der Waals surface area contributed by atoms with E-state index >= 15 is 0 Å². The van der Waals surface area contributed by atoms with Gasteiger partial charge in [-0.3, -0.25) is 4.68 Å². The van der Waals surface area contributed by atoms with Crippen LogP contribution in [0.15, 0.2) is 12.4 Å². The molecule has 0 amide bonds. The van der Waals surface area contributed by atoms with E-state index < -0.39 is 0 Å². The Kier molecular flexibility index (Phi) is 4.78. The molecule has 0 aliphatic heterocycles. The molecule has 15 heavy (non-hydrogen) atoms. The minimum absolute atomic E-state index is 0.212. The summed E-state index contributed by atoms with van der Waals surface area (Å²) >= 11 is 0. The lowest BCUT2D eigenvalue weighted by molar-refractivity contribution is 0.0334. The minimum atomic E-state index is 0.212. The van der Waals surface area contributed by atoms with Crippen molar-refractivity contribution in [2.45, 2.75) is 32.4 Å². The smallest absolute Gasteiger partial charge is 0.0768 e. The fourth-order valence-corrected chi connectivity index (χ4v) is 1.83. The van der Waals surface area contributed by atoms with Gasteiger partial charge in [0.25, 0.3) is 0 Å². The summed E-state index contributed by atoms with van der Waals surface area (Å²) in [7, 11) is 3.89. The molecule has 0 aliphatic rings. The van der Waals surface area contributed by atoms with E-state index in [9.17, 15) is 0 Å². The molecule has 1 aromatic heterocycles. The van der Waals surface area contributed by atoms with Crippen molar-refractivity contribution in [1.29, 1.82) is 0 Å². The molecule has 1 heterocycles. The lowest BCUT2D eigenvalue weighted by atomic mass is 10.0. The van der Waals surface area contributed by atoms with Gasteiger partial charge in [-0.15, -0.1) is 0 Å². The predicted octanol–water partition coefficient (Wildman–Crippen LogP) is 1.50. The quantitative estimate of drug-likeness (QED) is 0.775. The summed E-state index contributed by atoms with van der Waals surface area (Å²) in [6, 6.07) is 0.226. The van der Waals surface area contributed by atoms with Gasteiger partial charge in [0.1, 0.15) is 0 Å². The molecule has 0 bridgehead atoms. The summed E-state index contributed by atoms with van der Waals surface area (Å²) in [5, 5.41) is 7.47. The second-order valence-corrected chi connectivity index (χ2v) is 3.62. The Bertz CT molecular complexity index is 285. The third kappa shape index (κ3) is 3.04. The average molecular weight is 211 g/mol. The van der Waals surface area contributed by atoms with E-state index in [0.717, 1.165) is 13.0 Å². The average Bonchev–Trinajstić information content (AvgIpc) is 2.64. The van der Waals surface area contributed by atoms with E-state index in [1.165, 1.54) is 5.56 Å². The summed E-state index contributed by atoms with van der Waals surface area (Å²) in [4.78, 5) is 0. The molecule has 4 nitrogen and oxygen atoms in total.